The minimum absolute atomic E-state index is 0.0168. The molecular formula is C31H23N3O. The number of hydrogen-bond acceptors (Lipinski definition) is 4. The van der Waals surface area contributed by atoms with Crippen molar-refractivity contribution in [3.05, 3.63) is 113 Å². The average molecular weight is 454 g/mol. The van der Waals surface area contributed by atoms with Crippen LogP contribution in [-0.2, 0) is 0 Å². The monoisotopic (exact) mass is 453 g/mol. The predicted molar refractivity (Wildman–Crippen MR) is 139 cm³/mol. The Morgan fingerprint density at radius 1 is 0.714 bits per heavy atom. The van der Waals surface area contributed by atoms with Crippen LogP contribution in [0.5, 0.6) is 5.75 Å². The molecule has 0 N–H and O–H groups in total. The van der Waals surface area contributed by atoms with Crippen molar-refractivity contribution in [2.45, 2.75) is 24.9 Å². The van der Waals surface area contributed by atoms with Crippen LogP contribution >= 0.6 is 0 Å². The minimum atomic E-state index is 0.0168. The zero-order chi connectivity index (χ0) is 23.2. The van der Waals surface area contributed by atoms with Crippen LogP contribution in [0.4, 0.5) is 0 Å². The SMILES string of the molecule is C1=CCCC(c2nc(-c3ccccc3)nc(-c3ccc4c(c3)=CC3Oc5ccccc5C3C=4)n2)=C1. The molecule has 7 rings (SSSR count). The Morgan fingerprint density at radius 2 is 1.51 bits per heavy atom. The van der Waals surface area contributed by atoms with Crippen molar-refractivity contribution in [2.75, 3.05) is 0 Å². The Labute approximate surface area is 203 Å². The first-order valence-corrected chi connectivity index (χ1v) is 12.1. The van der Waals surface area contributed by atoms with Crippen LogP contribution < -0.4 is 15.2 Å². The highest BCUT2D eigenvalue weighted by atomic mass is 16.5. The molecule has 4 nitrogen and oxygen atoms in total. The standard InChI is InChI=1S/C31H23N3O/c1-3-9-20(10-4-1)29-32-30(21-11-5-2-6-12-21)34-31(33-29)23-16-15-22-18-26-25-13-7-8-14-27(25)35-28(26)19-24(22)17-23/h1-5,7-11,13-19,26,28H,6,12H2. The van der Waals surface area contributed by atoms with E-state index in [1.165, 1.54) is 10.8 Å². The van der Waals surface area contributed by atoms with Gasteiger partial charge >= 0.3 is 0 Å². The molecule has 0 amide bonds. The van der Waals surface area contributed by atoms with Gasteiger partial charge in [-0.3, -0.25) is 0 Å². The molecule has 2 atom stereocenters. The van der Waals surface area contributed by atoms with Crippen LogP contribution in [0, 0.1) is 0 Å². The molecular weight excluding hydrogens is 430 g/mol. The third-order valence-corrected chi connectivity index (χ3v) is 6.91. The first-order valence-electron chi connectivity index (χ1n) is 12.1. The van der Waals surface area contributed by atoms with E-state index in [0.29, 0.717) is 11.6 Å². The minimum Gasteiger partial charge on any atom is -0.485 e. The Balaban J connectivity index is 1.35. The molecule has 0 radical (unpaired) electrons. The topological polar surface area (TPSA) is 47.9 Å². The van der Waals surface area contributed by atoms with E-state index >= 15 is 0 Å². The second kappa shape index (κ2) is 8.17. The van der Waals surface area contributed by atoms with Gasteiger partial charge < -0.3 is 4.74 Å². The third kappa shape index (κ3) is 3.58. The molecule has 0 saturated heterocycles. The molecule has 0 fully saturated rings. The lowest BCUT2D eigenvalue weighted by molar-refractivity contribution is 0.288. The lowest BCUT2D eigenvalue weighted by Crippen LogP contribution is -2.34. The predicted octanol–water partition coefficient (Wildman–Crippen LogP) is 5.06. The molecule has 35 heavy (non-hydrogen) atoms. The van der Waals surface area contributed by atoms with Gasteiger partial charge in [0.05, 0.1) is 0 Å². The number of nitrogens with zero attached hydrogens (tertiary/aromatic N) is 3. The van der Waals surface area contributed by atoms with E-state index in [1.54, 1.807) is 0 Å². The van der Waals surface area contributed by atoms with Gasteiger partial charge in [-0.1, -0.05) is 85.0 Å². The number of hydrogen-bond donors (Lipinski definition) is 0. The Hall–Kier alpha value is -4.31. The summed E-state index contributed by atoms with van der Waals surface area (Å²) in [5, 5.41) is 2.37. The van der Waals surface area contributed by atoms with E-state index in [9.17, 15) is 0 Å². The van der Waals surface area contributed by atoms with Crippen molar-refractivity contribution < 1.29 is 4.74 Å². The largest absolute Gasteiger partial charge is 0.485 e. The average Bonchev–Trinajstić information content (AvgIpc) is 3.29. The van der Waals surface area contributed by atoms with E-state index in [0.717, 1.165) is 46.3 Å². The Kier molecular flexibility index (Phi) is 4.69. The zero-order valence-corrected chi connectivity index (χ0v) is 19.1. The molecule has 1 aromatic heterocycles. The van der Waals surface area contributed by atoms with Gasteiger partial charge in [-0.2, -0.15) is 0 Å². The van der Waals surface area contributed by atoms with Crippen molar-refractivity contribution in [3.8, 4) is 28.5 Å². The zero-order valence-electron chi connectivity index (χ0n) is 19.1. The number of fused-ring (bicyclic) bond motifs is 4. The summed E-state index contributed by atoms with van der Waals surface area (Å²) in [6, 6.07) is 24.9. The molecule has 3 aromatic carbocycles. The maximum absolute atomic E-state index is 6.25. The van der Waals surface area contributed by atoms with Crippen LogP contribution in [0.1, 0.15) is 30.1 Å². The first-order chi connectivity index (χ1) is 17.3. The lowest BCUT2D eigenvalue weighted by atomic mass is 9.89. The van der Waals surface area contributed by atoms with Gasteiger partial charge in [0.15, 0.2) is 17.5 Å². The number of rotatable bonds is 3. The number of allylic oxidation sites excluding steroid dienone is 4. The van der Waals surface area contributed by atoms with E-state index in [2.05, 4.69) is 66.8 Å². The van der Waals surface area contributed by atoms with Gasteiger partial charge in [0.2, 0.25) is 0 Å². The molecule has 4 aromatic rings. The molecule has 1 aliphatic heterocycles. The van der Waals surface area contributed by atoms with E-state index in [-0.39, 0.29) is 12.0 Å². The van der Waals surface area contributed by atoms with Crippen LogP contribution in [0.15, 0.2) is 91.0 Å². The maximum atomic E-state index is 6.25. The molecule has 168 valence electrons. The quantitative estimate of drug-likeness (QED) is 0.435. The highest BCUT2D eigenvalue weighted by Gasteiger charge is 2.32. The van der Waals surface area contributed by atoms with Gasteiger partial charge in [0.1, 0.15) is 11.9 Å². The normalized spacial score (nSPS) is 19.4. The summed E-state index contributed by atoms with van der Waals surface area (Å²) in [4.78, 5) is 14.7. The van der Waals surface area contributed by atoms with Crippen molar-refractivity contribution >= 4 is 17.7 Å². The Bertz CT molecular complexity index is 1640. The summed E-state index contributed by atoms with van der Waals surface area (Å²) in [5.74, 6) is 3.38. The molecule has 2 aliphatic carbocycles. The second-order valence-corrected chi connectivity index (χ2v) is 9.15. The highest BCUT2D eigenvalue weighted by Crippen LogP contribution is 2.40. The molecule has 2 heterocycles. The van der Waals surface area contributed by atoms with Crippen molar-refractivity contribution in [1.82, 2.24) is 15.0 Å². The number of ether oxygens (including phenoxy) is 1. The number of benzene rings is 3. The van der Waals surface area contributed by atoms with Gasteiger partial charge in [-0.15, -0.1) is 0 Å². The van der Waals surface area contributed by atoms with Gasteiger partial charge in [-0.25, -0.2) is 15.0 Å². The molecule has 3 aliphatic rings. The van der Waals surface area contributed by atoms with E-state index in [1.807, 2.05) is 36.4 Å². The van der Waals surface area contributed by atoms with Crippen LogP contribution in [0.2, 0.25) is 0 Å². The highest BCUT2D eigenvalue weighted by molar-refractivity contribution is 5.69. The molecule has 0 saturated carbocycles. The molecule has 0 spiro atoms. The number of para-hydroxylation sites is 1. The second-order valence-electron chi connectivity index (χ2n) is 9.15. The molecule has 4 heteroatoms. The summed E-state index contributed by atoms with van der Waals surface area (Å²) in [6.07, 6.45) is 12.9. The lowest BCUT2D eigenvalue weighted by Gasteiger charge is -2.16. The summed E-state index contributed by atoms with van der Waals surface area (Å²) in [5.41, 5.74) is 4.37. The van der Waals surface area contributed by atoms with Crippen LogP contribution in [-0.4, -0.2) is 21.1 Å². The number of aromatic nitrogens is 3. The fraction of sp³-hybridized carbons (Fsp3) is 0.129. The smallest absolute Gasteiger partial charge is 0.164 e. The van der Waals surface area contributed by atoms with Gasteiger partial charge in [0.25, 0.3) is 0 Å². The Morgan fingerprint density at radius 3 is 2.37 bits per heavy atom. The van der Waals surface area contributed by atoms with Gasteiger partial charge in [-0.05, 0) is 47.1 Å². The summed E-state index contributed by atoms with van der Waals surface area (Å²) in [7, 11) is 0. The fourth-order valence-electron chi connectivity index (χ4n) is 5.12. The summed E-state index contributed by atoms with van der Waals surface area (Å²) < 4.78 is 6.25. The summed E-state index contributed by atoms with van der Waals surface area (Å²) in [6.45, 7) is 0. The maximum Gasteiger partial charge on any atom is 0.164 e. The van der Waals surface area contributed by atoms with E-state index in [4.69, 9.17) is 19.7 Å². The third-order valence-electron chi connectivity index (χ3n) is 6.91. The van der Waals surface area contributed by atoms with Crippen LogP contribution in [0.25, 0.3) is 40.5 Å². The van der Waals surface area contributed by atoms with Gasteiger partial charge in [0, 0.05) is 22.6 Å². The van der Waals surface area contributed by atoms with E-state index < -0.39 is 0 Å². The van der Waals surface area contributed by atoms with Crippen molar-refractivity contribution in [3.63, 3.8) is 0 Å². The van der Waals surface area contributed by atoms with Crippen LogP contribution in [0.3, 0.4) is 0 Å². The van der Waals surface area contributed by atoms with Crippen molar-refractivity contribution in [1.29, 1.82) is 0 Å². The summed E-state index contributed by atoms with van der Waals surface area (Å²) >= 11 is 0. The fourth-order valence-corrected chi connectivity index (χ4v) is 5.12. The molecule has 2 unspecified atom stereocenters. The first kappa shape index (κ1) is 20.1. The molecule has 0 bridgehead atoms. The van der Waals surface area contributed by atoms with Crippen molar-refractivity contribution in [2.24, 2.45) is 0 Å².